The van der Waals surface area contributed by atoms with Crippen LogP contribution in [0.2, 0.25) is 0 Å². The highest BCUT2D eigenvalue weighted by Gasteiger charge is 2.21. The lowest BCUT2D eigenvalue weighted by molar-refractivity contribution is -0.142. The fourth-order valence-corrected chi connectivity index (χ4v) is 3.31. The maximum absolute atomic E-state index is 12.0. The van der Waals surface area contributed by atoms with Gasteiger partial charge in [0.15, 0.2) is 11.0 Å². The SMILES string of the molecule is CCOC(=O)[C@H](C)Sc1nnc(-c2cccnc2)n1Cc1ccccc1. The Kier molecular flexibility index (Phi) is 6.01. The molecule has 2 heterocycles. The van der Waals surface area contributed by atoms with E-state index in [4.69, 9.17) is 4.74 Å². The summed E-state index contributed by atoms with van der Waals surface area (Å²) >= 11 is 1.35. The quantitative estimate of drug-likeness (QED) is 0.470. The summed E-state index contributed by atoms with van der Waals surface area (Å²) in [6, 6.07) is 13.9. The van der Waals surface area contributed by atoms with E-state index in [2.05, 4.69) is 27.3 Å². The fraction of sp³-hybridized carbons (Fsp3) is 0.263. The molecule has 0 saturated carbocycles. The van der Waals surface area contributed by atoms with Crippen molar-refractivity contribution in [1.82, 2.24) is 19.7 Å². The number of hydrogen-bond acceptors (Lipinski definition) is 6. The highest BCUT2D eigenvalue weighted by molar-refractivity contribution is 8.00. The molecule has 0 aliphatic carbocycles. The zero-order valence-corrected chi connectivity index (χ0v) is 15.5. The zero-order valence-electron chi connectivity index (χ0n) is 14.7. The number of rotatable bonds is 7. The Balaban J connectivity index is 1.94. The van der Waals surface area contributed by atoms with Crippen molar-refractivity contribution < 1.29 is 9.53 Å². The molecular formula is C19H20N4O2S. The number of ether oxygens (including phenoxy) is 1. The van der Waals surface area contributed by atoms with Gasteiger partial charge >= 0.3 is 5.97 Å². The first-order chi connectivity index (χ1) is 12.7. The molecule has 0 aliphatic heterocycles. The van der Waals surface area contributed by atoms with E-state index in [1.54, 1.807) is 19.3 Å². The number of benzene rings is 1. The lowest BCUT2D eigenvalue weighted by Gasteiger charge is -2.13. The van der Waals surface area contributed by atoms with E-state index < -0.39 is 0 Å². The van der Waals surface area contributed by atoms with Crippen molar-refractivity contribution >= 4 is 17.7 Å². The van der Waals surface area contributed by atoms with Crippen LogP contribution in [-0.4, -0.2) is 37.6 Å². The van der Waals surface area contributed by atoms with Crippen molar-refractivity contribution in [2.75, 3.05) is 6.61 Å². The maximum Gasteiger partial charge on any atom is 0.319 e. The number of carbonyl (C=O) groups is 1. The van der Waals surface area contributed by atoms with Gasteiger partial charge in [0, 0.05) is 18.0 Å². The molecular weight excluding hydrogens is 348 g/mol. The molecule has 0 aliphatic rings. The number of nitrogens with zero attached hydrogens (tertiary/aromatic N) is 4. The number of hydrogen-bond donors (Lipinski definition) is 0. The van der Waals surface area contributed by atoms with Crippen LogP contribution >= 0.6 is 11.8 Å². The Morgan fingerprint density at radius 2 is 2.00 bits per heavy atom. The maximum atomic E-state index is 12.0. The van der Waals surface area contributed by atoms with Crippen LogP contribution in [0, 0.1) is 0 Å². The van der Waals surface area contributed by atoms with E-state index in [9.17, 15) is 4.79 Å². The number of pyridine rings is 1. The van der Waals surface area contributed by atoms with Gasteiger partial charge in [-0.2, -0.15) is 0 Å². The summed E-state index contributed by atoms with van der Waals surface area (Å²) in [5.41, 5.74) is 2.01. The molecule has 0 radical (unpaired) electrons. The summed E-state index contributed by atoms with van der Waals surface area (Å²) in [7, 11) is 0. The number of thioether (sulfide) groups is 1. The second-order valence-electron chi connectivity index (χ2n) is 5.63. The lowest BCUT2D eigenvalue weighted by atomic mass is 10.2. The molecule has 0 fully saturated rings. The average Bonchev–Trinajstić information content (AvgIpc) is 3.05. The van der Waals surface area contributed by atoms with Gasteiger partial charge in [0.25, 0.3) is 0 Å². The molecule has 0 amide bonds. The highest BCUT2D eigenvalue weighted by atomic mass is 32.2. The molecule has 2 aromatic heterocycles. The summed E-state index contributed by atoms with van der Waals surface area (Å²) in [6.45, 7) is 4.58. The first-order valence-electron chi connectivity index (χ1n) is 8.40. The average molecular weight is 368 g/mol. The highest BCUT2D eigenvalue weighted by Crippen LogP contribution is 2.28. The van der Waals surface area contributed by atoms with Crippen molar-refractivity contribution in [3.63, 3.8) is 0 Å². The summed E-state index contributed by atoms with van der Waals surface area (Å²) in [4.78, 5) is 16.2. The van der Waals surface area contributed by atoms with Gasteiger partial charge in [-0.15, -0.1) is 10.2 Å². The van der Waals surface area contributed by atoms with E-state index in [0.29, 0.717) is 18.3 Å². The summed E-state index contributed by atoms with van der Waals surface area (Å²) in [5.74, 6) is 0.468. The Hall–Kier alpha value is -2.67. The molecule has 0 unspecified atom stereocenters. The Labute approximate surface area is 156 Å². The summed E-state index contributed by atoms with van der Waals surface area (Å²) in [5, 5.41) is 8.96. The molecule has 134 valence electrons. The lowest BCUT2D eigenvalue weighted by Crippen LogP contribution is -2.17. The minimum absolute atomic E-state index is 0.255. The normalized spacial score (nSPS) is 11.9. The molecule has 0 saturated heterocycles. The van der Waals surface area contributed by atoms with Crippen molar-refractivity contribution in [1.29, 1.82) is 0 Å². The van der Waals surface area contributed by atoms with E-state index in [-0.39, 0.29) is 11.2 Å². The first kappa shape index (κ1) is 18.1. The molecule has 0 bridgehead atoms. The third-order valence-corrected chi connectivity index (χ3v) is 4.78. The van der Waals surface area contributed by atoms with E-state index in [1.807, 2.05) is 41.8 Å². The number of esters is 1. The van der Waals surface area contributed by atoms with Gasteiger partial charge in [-0.3, -0.25) is 14.3 Å². The van der Waals surface area contributed by atoms with Crippen molar-refractivity contribution in [2.24, 2.45) is 0 Å². The molecule has 0 spiro atoms. The molecule has 7 heteroatoms. The van der Waals surface area contributed by atoms with E-state index in [0.717, 1.165) is 17.0 Å². The van der Waals surface area contributed by atoms with Crippen molar-refractivity contribution in [3.05, 3.63) is 60.4 Å². The Morgan fingerprint density at radius 1 is 1.19 bits per heavy atom. The predicted octanol–water partition coefficient (Wildman–Crippen LogP) is 3.43. The predicted molar refractivity (Wildman–Crippen MR) is 101 cm³/mol. The van der Waals surface area contributed by atoms with Crippen LogP contribution < -0.4 is 0 Å². The fourth-order valence-electron chi connectivity index (χ4n) is 2.46. The second kappa shape index (κ2) is 8.62. The molecule has 1 aromatic carbocycles. The summed E-state index contributed by atoms with van der Waals surface area (Å²) < 4.78 is 7.10. The minimum Gasteiger partial charge on any atom is -0.465 e. The third kappa shape index (κ3) is 4.29. The molecule has 26 heavy (non-hydrogen) atoms. The Morgan fingerprint density at radius 3 is 2.69 bits per heavy atom. The van der Waals surface area contributed by atoms with Gasteiger partial charge < -0.3 is 4.74 Å². The van der Waals surface area contributed by atoms with Crippen LogP contribution in [0.25, 0.3) is 11.4 Å². The molecule has 1 atom stereocenters. The van der Waals surface area contributed by atoms with Gasteiger partial charge in [-0.25, -0.2) is 0 Å². The zero-order chi connectivity index (χ0) is 18.4. The van der Waals surface area contributed by atoms with Crippen molar-refractivity contribution in [2.45, 2.75) is 30.8 Å². The molecule has 0 N–H and O–H groups in total. The molecule has 3 rings (SSSR count). The van der Waals surface area contributed by atoms with Gasteiger partial charge in [0.1, 0.15) is 5.25 Å². The first-order valence-corrected chi connectivity index (χ1v) is 9.27. The van der Waals surface area contributed by atoms with Crippen LogP contribution in [-0.2, 0) is 16.1 Å². The Bertz CT molecular complexity index is 852. The molecule has 3 aromatic rings. The summed E-state index contributed by atoms with van der Waals surface area (Å²) in [6.07, 6.45) is 3.48. The standard InChI is InChI=1S/C19H20N4O2S/c1-3-25-18(24)14(2)26-19-22-21-17(16-10-7-11-20-12-16)23(19)13-15-8-5-4-6-9-15/h4-12,14H,3,13H2,1-2H3/t14-/m0/s1. The van der Waals surface area contributed by atoms with Gasteiger partial charge in [0.2, 0.25) is 0 Å². The monoisotopic (exact) mass is 368 g/mol. The van der Waals surface area contributed by atoms with Crippen LogP contribution in [0.1, 0.15) is 19.4 Å². The van der Waals surface area contributed by atoms with E-state index in [1.165, 1.54) is 11.8 Å². The number of carbonyl (C=O) groups excluding carboxylic acids is 1. The third-order valence-electron chi connectivity index (χ3n) is 3.72. The second-order valence-corrected chi connectivity index (χ2v) is 6.94. The number of aromatic nitrogens is 4. The van der Waals surface area contributed by atoms with Gasteiger partial charge in [-0.1, -0.05) is 42.1 Å². The van der Waals surface area contributed by atoms with Crippen LogP contribution in [0.3, 0.4) is 0 Å². The van der Waals surface area contributed by atoms with Crippen molar-refractivity contribution in [3.8, 4) is 11.4 Å². The van der Waals surface area contributed by atoms with Crippen LogP contribution in [0.15, 0.2) is 60.0 Å². The van der Waals surface area contributed by atoms with Gasteiger partial charge in [0.05, 0.1) is 13.2 Å². The van der Waals surface area contributed by atoms with Crippen LogP contribution in [0.5, 0.6) is 0 Å². The topological polar surface area (TPSA) is 69.9 Å². The van der Waals surface area contributed by atoms with Crippen LogP contribution in [0.4, 0.5) is 0 Å². The minimum atomic E-state index is -0.365. The molecule has 6 nitrogen and oxygen atoms in total. The van der Waals surface area contributed by atoms with E-state index >= 15 is 0 Å². The smallest absolute Gasteiger partial charge is 0.319 e. The van der Waals surface area contributed by atoms with Gasteiger partial charge in [-0.05, 0) is 31.5 Å². The largest absolute Gasteiger partial charge is 0.465 e.